The van der Waals surface area contributed by atoms with Crippen molar-refractivity contribution >= 4 is 11.9 Å². The van der Waals surface area contributed by atoms with E-state index >= 15 is 0 Å². The molecule has 0 bridgehead atoms. The highest BCUT2D eigenvalue weighted by Crippen LogP contribution is 2.21. The third-order valence-corrected chi connectivity index (χ3v) is 4.23. The molecule has 1 fully saturated rings. The van der Waals surface area contributed by atoms with Gasteiger partial charge in [0.15, 0.2) is 5.69 Å². The third-order valence-electron chi connectivity index (χ3n) is 4.23. The zero-order valence-corrected chi connectivity index (χ0v) is 13.3. The van der Waals surface area contributed by atoms with Crippen molar-refractivity contribution in [2.45, 2.75) is 32.2 Å². The van der Waals surface area contributed by atoms with Crippen LogP contribution in [0, 0.1) is 12.7 Å². The van der Waals surface area contributed by atoms with Crippen LogP contribution in [-0.2, 0) is 4.79 Å². The Kier molecular flexibility index (Phi) is 4.33. The number of likely N-dealkylation sites (tertiary alicyclic amines) is 1. The molecule has 2 aromatic rings. The molecular formula is C17H18FN3O3. The summed E-state index contributed by atoms with van der Waals surface area (Å²) in [7, 11) is 0. The van der Waals surface area contributed by atoms with E-state index in [4.69, 9.17) is 0 Å². The van der Waals surface area contributed by atoms with Gasteiger partial charge in [-0.3, -0.25) is 4.79 Å². The molecule has 1 unspecified atom stereocenters. The van der Waals surface area contributed by atoms with Crippen molar-refractivity contribution in [3.8, 4) is 5.69 Å². The molecule has 0 radical (unpaired) electrons. The zero-order valence-electron chi connectivity index (χ0n) is 13.3. The van der Waals surface area contributed by atoms with Crippen molar-refractivity contribution in [3.05, 3.63) is 47.5 Å². The molecule has 24 heavy (non-hydrogen) atoms. The van der Waals surface area contributed by atoms with Crippen LogP contribution < -0.4 is 0 Å². The number of hydrogen-bond donors (Lipinski definition) is 1. The molecule has 126 valence electrons. The van der Waals surface area contributed by atoms with Gasteiger partial charge in [-0.15, -0.1) is 0 Å². The van der Waals surface area contributed by atoms with Crippen molar-refractivity contribution in [1.29, 1.82) is 0 Å². The molecule has 0 spiro atoms. The van der Waals surface area contributed by atoms with Gasteiger partial charge in [0.2, 0.25) is 0 Å². The Balaban J connectivity index is 1.89. The predicted molar refractivity (Wildman–Crippen MR) is 84.6 cm³/mol. The molecule has 2 heterocycles. The van der Waals surface area contributed by atoms with Gasteiger partial charge in [-0.2, -0.15) is 5.10 Å². The van der Waals surface area contributed by atoms with Crippen LogP contribution >= 0.6 is 0 Å². The summed E-state index contributed by atoms with van der Waals surface area (Å²) < 4.78 is 14.6. The van der Waals surface area contributed by atoms with Crippen molar-refractivity contribution in [2.24, 2.45) is 0 Å². The van der Waals surface area contributed by atoms with Gasteiger partial charge in [-0.1, -0.05) is 0 Å². The van der Waals surface area contributed by atoms with E-state index in [1.807, 2.05) is 0 Å². The lowest BCUT2D eigenvalue weighted by Gasteiger charge is -2.32. The number of piperidine rings is 1. The summed E-state index contributed by atoms with van der Waals surface area (Å²) in [6.45, 7) is 2.20. The Morgan fingerprint density at radius 2 is 1.96 bits per heavy atom. The van der Waals surface area contributed by atoms with Crippen LogP contribution in [0.15, 0.2) is 30.3 Å². The summed E-state index contributed by atoms with van der Waals surface area (Å²) in [4.78, 5) is 25.4. The van der Waals surface area contributed by atoms with E-state index in [2.05, 4.69) is 5.10 Å². The standard InChI is InChI=1S/C17H18FN3O3/c1-11-10-14(19-21(11)13-7-5-12(18)6-8-13)16(22)20-9-3-2-4-15(20)17(23)24/h5-8,10,15H,2-4,9H2,1H3,(H,23,24). The van der Waals surface area contributed by atoms with E-state index in [0.717, 1.165) is 12.8 Å². The highest BCUT2D eigenvalue weighted by Gasteiger charge is 2.33. The van der Waals surface area contributed by atoms with E-state index in [1.165, 1.54) is 17.0 Å². The monoisotopic (exact) mass is 331 g/mol. The summed E-state index contributed by atoms with van der Waals surface area (Å²) in [6, 6.07) is 6.61. The summed E-state index contributed by atoms with van der Waals surface area (Å²) >= 11 is 0. The van der Waals surface area contributed by atoms with Gasteiger partial charge in [0.25, 0.3) is 5.91 Å². The third kappa shape index (κ3) is 3.02. The van der Waals surface area contributed by atoms with Gasteiger partial charge in [-0.05, 0) is 56.5 Å². The number of carboxylic acids is 1. The van der Waals surface area contributed by atoms with Crippen LogP contribution in [0.1, 0.15) is 35.4 Å². The maximum Gasteiger partial charge on any atom is 0.326 e. The van der Waals surface area contributed by atoms with E-state index in [0.29, 0.717) is 24.3 Å². The van der Waals surface area contributed by atoms with Crippen LogP contribution in [-0.4, -0.2) is 44.3 Å². The number of carbonyl (C=O) groups is 2. The van der Waals surface area contributed by atoms with E-state index in [-0.39, 0.29) is 17.4 Å². The second-order valence-corrected chi connectivity index (χ2v) is 5.91. The van der Waals surface area contributed by atoms with Gasteiger partial charge in [-0.25, -0.2) is 13.9 Å². The number of carbonyl (C=O) groups excluding carboxylic acids is 1. The Labute approximate surface area is 138 Å². The maximum atomic E-state index is 13.1. The van der Waals surface area contributed by atoms with Crippen molar-refractivity contribution in [2.75, 3.05) is 6.54 Å². The molecule has 1 aliphatic rings. The molecule has 1 amide bonds. The van der Waals surface area contributed by atoms with Gasteiger partial charge in [0.05, 0.1) is 5.69 Å². The van der Waals surface area contributed by atoms with E-state index < -0.39 is 12.0 Å². The summed E-state index contributed by atoms with van der Waals surface area (Å²) in [5, 5.41) is 13.6. The summed E-state index contributed by atoms with van der Waals surface area (Å²) in [6.07, 6.45) is 2.04. The number of benzene rings is 1. The lowest BCUT2D eigenvalue weighted by atomic mass is 10.0. The van der Waals surface area contributed by atoms with E-state index in [1.54, 1.807) is 29.8 Å². The first-order valence-electron chi connectivity index (χ1n) is 7.84. The Morgan fingerprint density at radius 3 is 2.62 bits per heavy atom. The number of halogens is 1. The van der Waals surface area contributed by atoms with Gasteiger partial charge in [0.1, 0.15) is 11.9 Å². The molecule has 3 rings (SSSR count). The second kappa shape index (κ2) is 6.43. The Bertz CT molecular complexity index is 770. The molecular weight excluding hydrogens is 313 g/mol. The van der Waals surface area contributed by atoms with Crippen LogP contribution in [0.5, 0.6) is 0 Å². The molecule has 1 N–H and O–H groups in total. The fourth-order valence-corrected chi connectivity index (χ4v) is 3.00. The van der Waals surface area contributed by atoms with Crippen molar-refractivity contribution < 1.29 is 19.1 Å². The topological polar surface area (TPSA) is 75.4 Å². The fraction of sp³-hybridized carbons (Fsp3) is 0.353. The maximum absolute atomic E-state index is 13.1. The highest BCUT2D eigenvalue weighted by atomic mass is 19.1. The largest absolute Gasteiger partial charge is 0.480 e. The molecule has 1 saturated heterocycles. The number of aliphatic carboxylic acids is 1. The molecule has 6 nitrogen and oxygen atoms in total. The first-order chi connectivity index (χ1) is 11.5. The fourth-order valence-electron chi connectivity index (χ4n) is 3.00. The first kappa shape index (κ1) is 16.2. The van der Waals surface area contributed by atoms with Crippen molar-refractivity contribution in [3.63, 3.8) is 0 Å². The quantitative estimate of drug-likeness (QED) is 0.937. The van der Waals surface area contributed by atoms with Crippen LogP contribution in [0.25, 0.3) is 5.69 Å². The Morgan fingerprint density at radius 1 is 1.25 bits per heavy atom. The molecule has 1 atom stereocenters. The lowest BCUT2D eigenvalue weighted by molar-refractivity contribution is -0.143. The summed E-state index contributed by atoms with van der Waals surface area (Å²) in [5.41, 5.74) is 1.56. The minimum atomic E-state index is -0.988. The average Bonchev–Trinajstić information content (AvgIpc) is 2.96. The smallest absolute Gasteiger partial charge is 0.326 e. The normalized spacial score (nSPS) is 17.8. The van der Waals surface area contributed by atoms with Gasteiger partial charge < -0.3 is 10.0 Å². The molecule has 7 heteroatoms. The SMILES string of the molecule is Cc1cc(C(=O)N2CCCCC2C(=O)O)nn1-c1ccc(F)cc1. The van der Waals surface area contributed by atoms with Crippen molar-refractivity contribution in [1.82, 2.24) is 14.7 Å². The van der Waals surface area contributed by atoms with Gasteiger partial charge >= 0.3 is 5.97 Å². The minimum Gasteiger partial charge on any atom is -0.480 e. The minimum absolute atomic E-state index is 0.199. The van der Waals surface area contributed by atoms with Crippen LogP contribution in [0.3, 0.4) is 0 Å². The van der Waals surface area contributed by atoms with Crippen LogP contribution in [0.4, 0.5) is 4.39 Å². The van der Waals surface area contributed by atoms with Crippen LogP contribution in [0.2, 0.25) is 0 Å². The van der Waals surface area contributed by atoms with Gasteiger partial charge in [0, 0.05) is 12.2 Å². The number of carboxylic acid groups (broad SMARTS) is 1. The number of amides is 1. The Hall–Kier alpha value is -2.70. The number of hydrogen-bond acceptors (Lipinski definition) is 3. The highest BCUT2D eigenvalue weighted by molar-refractivity contribution is 5.95. The number of rotatable bonds is 3. The lowest BCUT2D eigenvalue weighted by Crippen LogP contribution is -2.48. The average molecular weight is 331 g/mol. The number of aromatic nitrogens is 2. The van der Waals surface area contributed by atoms with E-state index in [9.17, 15) is 19.1 Å². The summed E-state index contributed by atoms with van der Waals surface area (Å²) in [5.74, 6) is -1.72. The molecule has 0 saturated carbocycles. The molecule has 1 aromatic carbocycles. The zero-order chi connectivity index (χ0) is 17.3. The molecule has 0 aliphatic carbocycles. The number of nitrogens with zero attached hydrogens (tertiary/aromatic N) is 3. The second-order valence-electron chi connectivity index (χ2n) is 5.91. The first-order valence-corrected chi connectivity index (χ1v) is 7.84. The predicted octanol–water partition coefficient (Wildman–Crippen LogP) is 2.40. The molecule has 1 aliphatic heterocycles. The molecule has 1 aromatic heterocycles. The number of aryl methyl sites for hydroxylation is 1.